The molecule has 29 heavy (non-hydrogen) atoms. The molecule has 3 rings (SSSR count). The Labute approximate surface area is 174 Å². The van der Waals surface area contributed by atoms with Gasteiger partial charge < -0.3 is 15.0 Å². The molecule has 2 amide bonds. The number of likely N-dealkylation sites (tertiary alicyclic amines) is 1. The fraction of sp³-hybridized carbons (Fsp3) is 0.318. The lowest BCUT2D eigenvalue weighted by Crippen LogP contribution is -2.41. The second-order valence-corrected chi connectivity index (χ2v) is 7.48. The molecule has 0 bridgehead atoms. The van der Waals surface area contributed by atoms with Gasteiger partial charge in [0, 0.05) is 29.4 Å². The molecule has 1 fully saturated rings. The molecule has 6 nitrogen and oxygen atoms in total. The number of ether oxygens (including phenoxy) is 1. The number of amides is 2. The van der Waals surface area contributed by atoms with E-state index in [0.29, 0.717) is 42.2 Å². The van der Waals surface area contributed by atoms with E-state index in [1.54, 1.807) is 29.2 Å². The molecule has 0 aromatic heterocycles. The lowest BCUT2D eigenvalue weighted by molar-refractivity contribution is -0.152. The van der Waals surface area contributed by atoms with E-state index in [0.717, 1.165) is 5.56 Å². The summed E-state index contributed by atoms with van der Waals surface area (Å²) in [6, 6.07) is 14.1. The maximum atomic E-state index is 12.7. The lowest BCUT2D eigenvalue weighted by Gasteiger charge is -2.31. The van der Waals surface area contributed by atoms with Crippen molar-refractivity contribution in [1.29, 1.82) is 0 Å². The van der Waals surface area contributed by atoms with Crippen LogP contribution in [0.1, 0.15) is 28.8 Å². The minimum atomic E-state index is -0.409. The van der Waals surface area contributed by atoms with E-state index >= 15 is 0 Å². The number of halogens is 1. The SMILES string of the molecule is Cc1ccccc1C(=O)N1CCC(C(=O)OCC(=O)Nc2ccc(Cl)cc2)CC1. The van der Waals surface area contributed by atoms with Gasteiger partial charge in [0.1, 0.15) is 0 Å². The fourth-order valence-electron chi connectivity index (χ4n) is 3.29. The summed E-state index contributed by atoms with van der Waals surface area (Å²) >= 11 is 5.80. The molecule has 0 saturated carbocycles. The Bertz CT molecular complexity index is 890. The molecule has 2 aromatic carbocycles. The van der Waals surface area contributed by atoms with Gasteiger partial charge in [0.2, 0.25) is 0 Å². The van der Waals surface area contributed by atoms with Crippen LogP contribution in [0, 0.1) is 12.8 Å². The average Bonchev–Trinajstić information content (AvgIpc) is 2.73. The summed E-state index contributed by atoms with van der Waals surface area (Å²) in [5.41, 5.74) is 2.21. The quantitative estimate of drug-likeness (QED) is 0.757. The van der Waals surface area contributed by atoms with Gasteiger partial charge in [0.25, 0.3) is 11.8 Å². The summed E-state index contributed by atoms with van der Waals surface area (Å²) in [6.45, 7) is 2.55. The second-order valence-electron chi connectivity index (χ2n) is 7.04. The van der Waals surface area contributed by atoms with Gasteiger partial charge in [-0.25, -0.2) is 0 Å². The van der Waals surface area contributed by atoms with E-state index in [2.05, 4.69) is 5.32 Å². The molecule has 1 N–H and O–H groups in total. The molecule has 1 aliphatic rings. The minimum Gasteiger partial charge on any atom is -0.455 e. The van der Waals surface area contributed by atoms with Crippen molar-refractivity contribution < 1.29 is 19.1 Å². The van der Waals surface area contributed by atoms with Crippen molar-refractivity contribution in [3.63, 3.8) is 0 Å². The van der Waals surface area contributed by atoms with E-state index in [-0.39, 0.29) is 18.4 Å². The van der Waals surface area contributed by atoms with Crippen LogP contribution in [0.5, 0.6) is 0 Å². The summed E-state index contributed by atoms with van der Waals surface area (Å²) in [5.74, 6) is -1.14. The predicted octanol–water partition coefficient (Wildman–Crippen LogP) is 3.68. The highest BCUT2D eigenvalue weighted by molar-refractivity contribution is 6.30. The lowest BCUT2D eigenvalue weighted by atomic mass is 9.96. The maximum Gasteiger partial charge on any atom is 0.309 e. The number of esters is 1. The number of nitrogens with one attached hydrogen (secondary N) is 1. The first kappa shape index (κ1) is 20.9. The number of carbonyl (C=O) groups is 3. The van der Waals surface area contributed by atoms with Crippen LogP contribution < -0.4 is 5.32 Å². The number of nitrogens with zero attached hydrogens (tertiary/aromatic N) is 1. The largest absolute Gasteiger partial charge is 0.455 e. The topological polar surface area (TPSA) is 75.7 Å². The Morgan fingerprint density at radius 3 is 2.38 bits per heavy atom. The van der Waals surface area contributed by atoms with Crippen LogP contribution >= 0.6 is 11.6 Å². The monoisotopic (exact) mass is 414 g/mol. The molecule has 0 spiro atoms. The summed E-state index contributed by atoms with van der Waals surface area (Å²) in [7, 11) is 0. The first-order valence-corrected chi connectivity index (χ1v) is 9.89. The van der Waals surface area contributed by atoms with Crippen molar-refractivity contribution in [2.45, 2.75) is 19.8 Å². The molecule has 1 aliphatic heterocycles. The molecule has 152 valence electrons. The van der Waals surface area contributed by atoms with Gasteiger partial charge >= 0.3 is 5.97 Å². The third-order valence-corrected chi connectivity index (χ3v) is 5.22. The van der Waals surface area contributed by atoms with Gasteiger partial charge in [0.15, 0.2) is 6.61 Å². The molecule has 0 aliphatic carbocycles. The van der Waals surface area contributed by atoms with Crippen LogP contribution in [-0.2, 0) is 14.3 Å². The van der Waals surface area contributed by atoms with E-state index in [1.165, 1.54) is 0 Å². The third-order valence-electron chi connectivity index (χ3n) is 4.96. The van der Waals surface area contributed by atoms with Crippen molar-refractivity contribution in [2.24, 2.45) is 5.92 Å². The van der Waals surface area contributed by atoms with Gasteiger partial charge in [0.05, 0.1) is 5.92 Å². The minimum absolute atomic E-state index is 0.0164. The number of hydrogen-bond acceptors (Lipinski definition) is 4. The van der Waals surface area contributed by atoms with Gasteiger partial charge in [-0.15, -0.1) is 0 Å². The molecule has 0 unspecified atom stereocenters. The van der Waals surface area contributed by atoms with Crippen LogP contribution in [-0.4, -0.2) is 42.4 Å². The number of benzene rings is 2. The number of rotatable bonds is 5. The Morgan fingerprint density at radius 2 is 1.72 bits per heavy atom. The number of piperidine rings is 1. The summed E-state index contributed by atoms with van der Waals surface area (Å²) in [5, 5.41) is 3.22. The number of aryl methyl sites for hydroxylation is 1. The van der Waals surface area contributed by atoms with Crippen molar-refractivity contribution in [3.05, 3.63) is 64.7 Å². The van der Waals surface area contributed by atoms with Gasteiger partial charge in [-0.2, -0.15) is 0 Å². The van der Waals surface area contributed by atoms with Crippen LogP contribution in [0.3, 0.4) is 0 Å². The van der Waals surface area contributed by atoms with Gasteiger partial charge in [-0.3, -0.25) is 14.4 Å². The van der Waals surface area contributed by atoms with Crippen LogP contribution in [0.15, 0.2) is 48.5 Å². The highest BCUT2D eigenvalue weighted by Gasteiger charge is 2.29. The summed E-state index contributed by atoms with van der Waals surface area (Å²) in [4.78, 5) is 38.6. The van der Waals surface area contributed by atoms with Crippen molar-refractivity contribution in [3.8, 4) is 0 Å². The molecule has 2 aromatic rings. The Balaban J connectivity index is 1.44. The second kappa shape index (κ2) is 9.56. The first-order valence-electron chi connectivity index (χ1n) is 9.51. The Hall–Kier alpha value is -2.86. The van der Waals surface area contributed by atoms with Gasteiger partial charge in [-0.1, -0.05) is 29.8 Å². The zero-order valence-corrected chi connectivity index (χ0v) is 16.9. The smallest absolute Gasteiger partial charge is 0.309 e. The third kappa shape index (κ3) is 5.57. The number of carbonyl (C=O) groups excluding carboxylic acids is 3. The summed E-state index contributed by atoms with van der Waals surface area (Å²) < 4.78 is 5.16. The molecule has 1 heterocycles. The molecular weight excluding hydrogens is 392 g/mol. The first-order chi connectivity index (χ1) is 13.9. The average molecular weight is 415 g/mol. The number of anilines is 1. The van der Waals surface area contributed by atoms with Crippen molar-refractivity contribution >= 4 is 35.1 Å². The Kier molecular flexibility index (Phi) is 6.88. The van der Waals surface area contributed by atoms with Crippen LogP contribution in [0.2, 0.25) is 5.02 Å². The van der Waals surface area contributed by atoms with Crippen LogP contribution in [0.25, 0.3) is 0 Å². The molecule has 7 heteroatoms. The standard InChI is InChI=1S/C22H23ClN2O4/c1-15-4-2-3-5-19(15)21(27)25-12-10-16(11-13-25)22(28)29-14-20(26)24-18-8-6-17(23)7-9-18/h2-9,16H,10-14H2,1H3,(H,24,26). The molecule has 1 saturated heterocycles. The van der Waals surface area contributed by atoms with Crippen LogP contribution in [0.4, 0.5) is 5.69 Å². The van der Waals surface area contributed by atoms with Crippen molar-refractivity contribution in [2.75, 3.05) is 25.0 Å². The number of hydrogen-bond donors (Lipinski definition) is 1. The van der Waals surface area contributed by atoms with Crippen molar-refractivity contribution in [1.82, 2.24) is 4.90 Å². The predicted molar refractivity (Wildman–Crippen MR) is 111 cm³/mol. The highest BCUT2D eigenvalue weighted by atomic mass is 35.5. The fourth-order valence-corrected chi connectivity index (χ4v) is 3.41. The van der Waals surface area contributed by atoms with E-state index in [9.17, 15) is 14.4 Å². The van der Waals surface area contributed by atoms with Gasteiger partial charge in [-0.05, 0) is 55.7 Å². The zero-order chi connectivity index (χ0) is 20.8. The summed E-state index contributed by atoms with van der Waals surface area (Å²) in [6.07, 6.45) is 1.05. The highest BCUT2D eigenvalue weighted by Crippen LogP contribution is 2.21. The molecular formula is C22H23ClN2O4. The normalized spacial score (nSPS) is 14.3. The maximum absolute atomic E-state index is 12.7. The van der Waals surface area contributed by atoms with E-state index in [1.807, 2.05) is 31.2 Å². The Morgan fingerprint density at radius 1 is 1.07 bits per heavy atom. The van der Waals surface area contributed by atoms with E-state index < -0.39 is 11.9 Å². The molecule has 0 radical (unpaired) electrons. The molecule has 0 atom stereocenters. The van der Waals surface area contributed by atoms with E-state index in [4.69, 9.17) is 16.3 Å². The zero-order valence-electron chi connectivity index (χ0n) is 16.2.